The molecule has 0 spiro atoms. The van der Waals surface area contributed by atoms with E-state index in [1.807, 2.05) is 18.2 Å². The monoisotopic (exact) mass is 375 g/mol. The Balaban J connectivity index is 1.74. The van der Waals surface area contributed by atoms with Gasteiger partial charge in [-0.15, -0.1) is 0 Å². The first kappa shape index (κ1) is 16.4. The van der Waals surface area contributed by atoms with E-state index in [1.54, 1.807) is 6.33 Å². The van der Waals surface area contributed by atoms with Crippen LogP contribution < -0.4 is 26.0 Å². The molecule has 4 aromatic rings. The molecular weight excluding hydrogens is 357 g/mol. The third-order valence-corrected chi connectivity index (χ3v) is 5.95. The summed E-state index contributed by atoms with van der Waals surface area (Å²) >= 11 is 0. The molecule has 0 atom stereocenters. The second-order valence-electron chi connectivity index (χ2n) is 7.62. The van der Waals surface area contributed by atoms with Gasteiger partial charge in [-0.2, -0.15) is 0 Å². The topological polar surface area (TPSA) is 38.2 Å². The first-order chi connectivity index (χ1) is 14.2. The number of nitrogens with zero attached hydrogens (tertiary/aromatic N) is 3. The molecule has 4 nitrogen and oxygen atoms in total. The number of hydrogen-bond acceptors (Lipinski definition) is 4. The van der Waals surface area contributed by atoms with E-state index in [-0.39, 0.29) is 6.71 Å². The van der Waals surface area contributed by atoms with Gasteiger partial charge in [-0.3, -0.25) is 4.90 Å². The number of hydrogen-bond donors (Lipinski definition) is 0. The van der Waals surface area contributed by atoms with Crippen LogP contribution in [0.15, 0.2) is 73.1 Å². The highest BCUT2D eigenvalue weighted by Gasteiger charge is 2.44. The van der Waals surface area contributed by atoms with Gasteiger partial charge in [0.25, 0.3) is 6.71 Å². The molecule has 0 bridgehead atoms. The summed E-state index contributed by atoms with van der Waals surface area (Å²) in [5, 5.41) is 0. The van der Waals surface area contributed by atoms with E-state index in [4.69, 9.17) is 9.72 Å². The van der Waals surface area contributed by atoms with Gasteiger partial charge in [0.15, 0.2) is 0 Å². The fourth-order valence-electron chi connectivity index (χ4n) is 4.72. The molecule has 3 aromatic carbocycles. The summed E-state index contributed by atoms with van der Waals surface area (Å²) in [7, 11) is 0. The Hall–Kier alpha value is -3.60. The van der Waals surface area contributed by atoms with E-state index in [0.717, 1.165) is 28.4 Å². The maximum Gasteiger partial charge on any atom is 0.261 e. The zero-order valence-corrected chi connectivity index (χ0v) is 16.3. The lowest BCUT2D eigenvalue weighted by Gasteiger charge is -2.39. The summed E-state index contributed by atoms with van der Waals surface area (Å²) in [6.45, 7) is 4.39. The molecule has 6 rings (SSSR count). The molecule has 0 unspecified atom stereocenters. The number of anilines is 3. The zero-order chi connectivity index (χ0) is 19.5. The van der Waals surface area contributed by atoms with Crippen molar-refractivity contribution in [1.29, 1.82) is 0 Å². The lowest BCUT2D eigenvalue weighted by atomic mass is 9.33. The van der Waals surface area contributed by atoms with Crippen molar-refractivity contribution in [2.75, 3.05) is 4.90 Å². The Morgan fingerprint density at radius 3 is 2.34 bits per heavy atom. The van der Waals surface area contributed by atoms with Crippen LogP contribution in [0.2, 0.25) is 0 Å². The van der Waals surface area contributed by atoms with Crippen molar-refractivity contribution in [2.24, 2.45) is 0 Å². The molecule has 2 aliphatic rings. The minimum atomic E-state index is 0.0577. The van der Waals surface area contributed by atoms with Gasteiger partial charge < -0.3 is 4.74 Å². The Labute approximate surface area is 169 Å². The predicted octanol–water partition coefficient (Wildman–Crippen LogP) is 3.50. The highest BCUT2D eigenvalue weighted by atomic mass is 16.5. The lowest BCUT2D eigenvalue weighted by Crippen LogP contribution is -2.61. The minimum Gasteiger partial charge on any atom is -0.440 e. The van der Waals surface area contributed by atoms with Crippen molar-refractivity contribution < 1.29 is 4.74 Å². The SMILES string of the molecule is Cc1cccc2c1B1c3c(C)cccc3N(c3ccccc3)c3ncnc(c31)O2. The highest BCUT2D eigenvalue weighted by Crippen LogP contribution is 2.38. The molecule has 0 N–H and O–H groups in total. The molecular formula is C24H18BN3O. The van der Waals surface area contributed by atoms with Gasteiger partial charge in [0.2, 0.25) is 5.88 Å². The number of ether oxygens (including phenoxy) is 1. The van der Waals surface area contributed by atoms with Crippen LogP contribution in [-0.4, -0.2) is 16.7 Å². The van der Waals surface area contributed by atoms with Crippen LogP contribution in [0, 0.1) is 13.8 Å². The molecule has 3 heterocycles. The Morgan fingerprint density at radius 2 is 1.52 bits per heavy atom. The largest absolute Gasteiger partial charge is 0.440 e. The number of benzene rings is 3. The maximum absolute atomic E-state index is 6.27. The van der Waals surface area contributed by atoms with Crippen LogP contribution in [0.3, 0.4) is 0 Å². The van der Waals surface area contributed by atoms with Crippen LogP contribution in [0.5, 0.6) is 11.6 Å². The molecule has 1 aromatic heterocycles. The van der Waals surface area contributed by atoms with Crippen LogP contribution in [0.4, 0.5) is 17.2 Å². The Morgan fingerprint density at radius 1 is 0.759 bits per heavy atom. The van der Waals surface area contributed by atoms with Crippen molar-refractivity contribution in [3.63, 3.8) is 0 Å². The van der Waals surface area contributed by atoms with Gasteiger partial charge in [-0.25, -0.2) is 9.97 Å². The van der Waals surface area contributed by atoms with E-state index in [9.17, 15) is 0 Å². The quantitative estimate of drug-likeness (QED) is 0.413. The molecule has 0 saturated heterocycles. The van der Waals surface area contributed by atoms with Crippen molar-refractivity contribution >= 4 is 40.3 Å². The summed E-state index contributed by atoms with van der Waals surface area (Å²) < 4.78 is 6.27. The van der Waals surface area contributed by atoms with Crippen molar-refractivity contribution in [3.8, 4) is 11.6 Å². The lowest BCUT2D eigenvalue weighted by molar-refractivity contribution is 0.466. The summed E-state index contributed by atoms with van der Waals surface area (Å²) in [6.07, 6.45) is 1.60. The van der Waals surface area contributed by atoms with Crippen molar-refractivity contribution in [2.45, 2.75) is 13.8 Å². The third kappa shape index (κ3) is 2.21. The molecule has 0 amide bonds. The van der Waals surface area contributed by atoms with Crippen LogP contribution in [-0.2, 0) is 0 Å². The zero-order valence-electron chi connectivity index (χ0n) is 16.3. The van der Waals surface area contributed by atoms with Crippen LogP contribution in [0.1, 0.15) is 11.1 Å². The summed E-state index contributed by atoms with van der Waals surface area (Å²) in [6, 6.07) is 23.1. The maximum atomic E-state index is 6.27. The molecule has 0 aliphatic carbocycles. The average molecular weight is 375 g/mol. The van der Waals surface area contributed by atoms with Gasteiger partial charge in [0, 0.05) is 16.8 Å². The van der Waals surface area contributed by atoms with E-state index in [2.05, 4.69) is 72.3 Å². The molecule has 138 valence electrons. The predicted molar refractivity (Wildman–Crippen MR) is 117 cm³/mol. The average Bonchev–Trinajstić information content (AvgIpc) is 2.74. The number of para-hydroxylation sites is 1. The normalized spacial score (nSPS) is 13.3. The number of rotatable bonds is 1. The van der Waals surface area contributed by atoms with E-state index in [1.165, 1.54) is 22.1 Å². The van der Waals surface area contributed by atoms with Gasteiger partial charge in [-0.1, -0.05) is 53.6 Å². The second-order valence-corrected chi connectivity index (χ2v) is 7.62. The fourth-order valence-corrected chi connectivity index (χ4v) is 4.72. The Kier molecular flexibility index (Phi) is 3.36. The smallest absolute Gasteiger partial charge is 0.261 e. The summed E-state index contributed by atoms with van der Waals surface area (Å²) in [5.41, 5.74) is 8.25. The highest BCUT2D eigenvalue weighted by molar-refractivity contribution is 6.99. The van der Waals surface area contributed by atoms with Crippen LogP contribution >= 0.6 is 0 Å². The van der Waals surface area contributed by atoms with Crippen LogP contribution in [0.25, 0.3) is 0 Å². The first-order valence-corrected chi connectivity index (χ1v) is 9.81. The van der Waals surface area contributed by atoms with Gasteiger partial charge in [0.1, 0.15) is 17.9 Å². The standard InChI is InChI=1S/C24H18BN3O/c1-15-8-6-12-18-20(15)25-21-16(2)9-7-13-19(21)29-24-22(25)23(26-14-27-24)28(18)17-10-4-3-5-11-17/h3-14H,1-2H3. The minimum absolute atomic E-state index is 0.0577. The molecule has 29 heavy (non-hydrogen) atoms. The van der Waals surface area contributed by atoms with E-state index in [0.29, 0.717) is 5.88 Å². The molecule has 5 heteroatoms. The first-order valence-electron chi connectivity index (χ1n) is 9.81. The summed E-state index contributed by atoms with van der Waals surface area (Å²) in [4.78, 5) is 11.5. The van der Waals surface area contributed by atoms with E-state index >= 15 is 0 Å². The van der Waals surface area contributed by atoms with Gasteiger partial charge >= 0.3 is 0 Å². The number of fused-ring (bicyclic) bond motifs is 4. The molecule has 0 fully saturated rings. The van der Waals surface area contributed by atoms with E-state index < -0.39 is 0 Å². The molecule has 2 aliphatic heterocycles. The van der Waals surface area contributed by atoms with Crippen molar-refractivity contribution in [3.05, 3.63) is 84.2 Å². The van der Waals surface area contributed by atoms with Crippen molar-refractivity contribution in [1.82, 2.24) is 9.97 Å². The molecule has 0 radical (unpaired) electrons. The van der Waals surface area contributed by atoms with Gasteiger partial charge in [-0.05, 0) is 49.0 Å². The number of aryl methyl sites for hydroxylation is 2. The fraction of sp³-hybridized carbons (Fsp3) is 0.0833. The summed E-state index contributed by atoms with van der Waals surface area (Å²) in [5.74, 6) is 2.42. The second kappa shape index (κ2) is 5.95. The number of aromatic nitrogens is 2. The molecule has 0 saturated carbocycles. The Bertz CT molecular complexity index is 1250. The van der Waals surface area contributed by atoms with Gasteiger partial charge in [0.05, 0.1) is 0 Å². The third-order valence-electron chi connectivity index (χ3n) is 5.95.